The Kier molecular flexibility index (Phi) is 8.16. The number of hydrogen-bond acceptors (Lipinski definition) is 5. The van der Waals surface area contributed by atoms with Crippen molar-refractivity contribution >= 4 is 17.3 Å². The normalized spacial score (nSPS) is 14.1. The van der Waals surface area contributed by atoms with Gasteiger partial charge in [0, 0.05) is 30.8 Å². The SMILES string of the molecule is CCCCNc1cc(OC)c(NC(=O)c2ccc(Cc3cc4c(cc3C)CCCC4(C)C)o2)c(OC)c1. The molecule has 1 heterocycles. The van der Waals surface area contributed by atoms with E-state index in [-0.39, 0.29) is 17.1 Å². The number of nitrogens with one attached hydrogen (secondary N) is 2. The van der Waals surface area contributed by atoms with Gasteiger partial charge in [-0.25, -0.2) is 0 Å². The summed E-state index contributed by atoms with van der Waals surface area (Å²) >= 11 is 0. The molecular weight excluding hydrogens is 464 g/mol. The van der Waals surface area contributed by atoms with Gasteiger partial charge in [0.1, 0.15) is 22.9 Å². The average molecular weight is 505 g/mol. The van der Waals surface area contributed by atoms with E-state index in [2.05, 4.69) is 50.5 Å². The Labute approximate surface area is 220 Å². The minimum absolute atomic E-state index is 0.184. The second kappa shape index (κ2) is 11.3. The van der Waals surface area contributed by atoms with E-state index in [9.17, 15) is 4.79 Å². The number of carbonyl (C=O) groups excluding carboxylic acids is 1. The van der Waals surface area contributed by atoms with Crippen LogP contribution in [0.25, 0.3) is 0 Å². The number of unbranched alkanes of at least 4 members (excludes halogenated alkanes) is 1. The third-order valence-corrected chi connectivity index (χ3v) is 7.39. The topological polar surface area (TPSA) is 72.7 Å². The van der Waals surface area contributed by atoms with E-state index < -0.39 is 0 Å². The molecule has 2 aromatic carbocycles. The number of furan rings is 1. The van der Waals surface area contributed by atoms with Gasteiger partial charge in [0.05, 0.1) is 14.2 Å². The van der Waals surface area contributed by atoms with Crippen molar-refractivity contribution in [2.24, 2.45) is 0 Å². The van der Waals surface area contributed by atoms with Gasteiger partial charge in [-0.3, -0.25) is 4.79 Å². The molecule has 0 fully saturated rings. The summed E-state index contributed by atoms with van der Waals surface area (Å²) in [5.74, 6) is 1.70. The summed E-state index contributed by atoms with van der Waals surface area (Å²) in [5, 5.41) is 6.29. The van der Waals surface area contributed by atoms with Crippen molar-refractivity contribution in [3.8, 4) is 11.5 Å². The minimum Gasteiger partial charge on any atom is -0.494 e. The third kappa shape index (κ3) is 5.95. The Morgan fingerprint density at radius 1 is 1.08 bits per heavy atom. The highest BCUT2D eigenvalue weighted by Crippen LogP contribution is 2.39. The van der Waals surface area contributed by atoms with E-state index in [1.165, 1.54) is 35.1 Å². The summed E-state index contributed by atoms with van der Waals surface area (Å²) < 4.78 is 17.1. The molecule has 0 atom stereocenters. The number of ether oxygens (including phenoxy) is 2. The van der Waals surface area contributed by atoms with Crippen LogP contribution in [-0.2, 0) is 18.3 Å². The first kappa shape index (κ1) is 26.6. The summed E-state index contributed by atoms with van der Waals surface area (Å²) in [6, 6.07) is 12.0. The summed E-state index contributed by atoms with van der Waals surface area (Å²) in [5.41, 5.74) is 6.95. The second-order valence-corrected chi connectivity index (χ2v) is 10.6. The van der Waals surface area contributed by atoms with Crippen LogP contribution < -0.4 is 20.1 Å². The van der Waals surface area contributed by atoms with Crippen molar-refractivity contribution < 1.29 is 18.7 Å². The van der Waals surface area contributed by atoms with Crippen molar-refractivity contribution in [3.63, 3.8) is 0 Å². The first-order valence-electron chi connectivity index (χ1n) is 13.3. The Morgan fingerprint density at radius 3 is 2.49 bits per heavy atom. The number of methoxy groups -OCH3 is 2. The fraction of sp³-hybridized carbons (Fsp3) is 0.452. The summed E-state index contributed by atoms with van der Waals surface area (Å²) in [6.45, 7) is 9.82. The van der Waals surface area contributed by atoms with Gasteiger partial charge < -0.3 is 24.5 Å². The summed E-state index contributed by atoms with van der Waals surface area (Å²) in [7, 11) is 3.15. The highest BCUT2D eigenvalue weighted by molar-refractivity contribution is 6.04. The van der Waals surface area contributed by atoms with Crippen LogP contribution in [0.15, 0.2) is 40.8 Å². The molecule has 198 valence electrons. The second-order valence-electron chi connectivity index (χ2n) is 10.6. The molecular formula is C31H40N2O4. The molecule has 3 aromatic rings. The lowest BCUT2D eigenvalue weighted by Crippen LogP contribution is -2.24. The fourth-order valence-electron chi connectivity index (χ4n) is 5.20. The number of amides is 1. The maximum absolute atomic E-state index is 13.1. The minimum atomic E-state index is -0.349. The van der Waals surface area contributed by atoms with Crippen LogP contribution in [0.2, 0.25) is 0 Å². The number of anilines is 2. The predicted octanol–water partition coefficient (Wildman–Crippen LogP) is 7.27. The molecule has 6 nitrogen and oxygen atoms in total. The molecule has 1 aliphatic carbocycles. The van der Waals surface area contributed by atoms with Gasteiger partial charge in [0.15, 0.2) is 5.76 Å². The lowest BCUT2D eigenvalue weighted by atomic mass is 9.71. The van der Waals surface area contributed by atoms with Crippen molar-refractivity contribution in [2.75, 3.05) is 31.4 Å². The van der Waals surface area contributed by atoms with Crippen LogP contribution in [0, 0.1) is 6.92 Å². The summed E-state index contributed by atoms with van der Waals surface area (Å²) in [6.07, 6.45) is 6.40. The maximum atomic E-state index is 13.1. The third-order valence-electron chi connectivity index (χ3n) is 7.39. The monoisotopic (exact) mass is 504 g/mol. The molecule has 1 amide bonds. The van der Waals surface area contributed by atoms with E-state index in [1.54, 1.807) is 20.3 Å². The van der Waals surface area contributed by atoms with Crippen LogP contribution in [0.4, 0.5) is 11.4 Å². The fourth-order valence-corrected chi connectivity index (χ4v) is 5.20. The van der Waals surface area contributed by atoms with E-state index in [0.29, 0.717) is 23.6 Å². The van der Waals surface area contributed by atoms with E-state index in [4.69, 9.17) is 13.9 Å². The lowest BCUT2D eigenvalue weighted by Gasteiger charge is -2.33. The average Bonchev–Trinajstić information content (AvgIpc) is 3.34. The molecule has 0 bridgehead atoms. The number of fused-ring (bicyclic) bond motifs is 1. The zero-order valence-corrected chi connectivity index (χ0v) is 23.0. The molecule has 0 spiro atoms. The Hall–Kier alpha value is -3.41. The van der Waals surface area contributed by atoms with Crippen LogP contribution in [0.5, 0.6) is 11.5 Å². The molecule has 0 radical (unpaired) electrons. The molecule has 1 aromatic heterocycles. The first-order chi connectivity index (χ1) is 17.7. The lowest BCUT2D eigenvalue weighted by molar-refractivity contribution is 0.0994. The van der Waals surface area contributed by atoms with Gasteiger partial charge in [-0.1, -0.05) is 39.3 Å². The van der Waals surface area contributed by atoms with E-state index >= 15 is 0 Å². The Balaban J connectivity index is 1.52. The molecule has 1 aliphatic rings. The zero-order chi connectivity index (χ0) is 26.6. The Bertz CT molecular complexity index is 1230. The van der Waals surface area contributed by atoms with Crippen molar-refractivity contribution in [1.29, 1.82) is 0 Å². The van der Waals surface area contributed by atoms with Crippen LogP contribution in [-0.4, -0.2) is 26.7 Å². The molecule has 37 heavy (non-hydrogen) atoms. The number of rotatable bonds is 10. The van der Waals surface area contributed by atoms with Crippen LogP contribution in [0.3, 0.4) is 0 Å². The quantitative estimate of drug-likeness (QED) is 0.284. The molecule has 0 unspecified atom stereocenters. The largest absolute Gasteiger partial charge is 0.494 e. The molecule has 4 rings (SSSR count). The smallest absolute Gasteiger partial charge is 0.291 e. The van der Waals surface area contributed by atoms with Gasteiger partial charge in [-0.05, 0) is 72.4 Å². The standard InChI is InChI=1S/C31H40N2O4/c1-7-8-14-32-23-18-27(35-5)29(28(19-23)36-6)33-30(34)26-12-11-24(37-26)16-22-17-25-21(15-20(22)2)10-9-13-31(25,3)4/h11-12,15,17-19,32H,7-10,13-14,16H2,1-6H3,(H,33,34). The van der Waals surface area contributed by atoms with Gasteiger partial charge >= 0.3 is 0 Å². The number of carbonyl (C=O) groups is 1. The van der Waals surface area contributed by atoms with Gasteiger partial charge in [-0.15, -0.1) is 0 Å². The van der Waals surface area contributed by atoms with Gasteiger partial charge in [0.25, 0.3) is 5.91 Å². The molecule has 2 N–H and O–H groups in total. The van der Waals surface area contributed by atoms with Crippen molar-refractivity contribution in [3.05, 3.63) is 70.2 Å². The number of aryl methyl sites for hydroxylation is 2. The molecule has 0 saturated heterocycles. The predicted molar refractivity (Wildman–Crippen MR) is 150 cm³/mol. The van der Waals surface area contributed by atoms with Crippen LogP contribution >= 0.6 is 0 Å². The highest BCUT2D eigenvalue weighted by atomic mass is 16.5. The molecule has 6 heteroatoms. The zero-order valence-electron chi connectivity index (χ0n) is 23.0. The summed E-state index contributed by atoms with van der Waals surface area (Å²) in [4.78, 5) is 13.1. The molecule has 0 saturated carbocycles. The van der Waals surface area contributed by atoms with Gasteiger partial charge in [0.2, 0.25) is 0 Å². The van der Waals surface area contributed by atoms with Crippen molar-refractivity contribution in [2.45, 2.75) is 71.6 Å². The first-order valence-corrected chi connectivity index (χ1v) is 13.3. The Morgan fingerprint density at radius 2 is 1.81 bits per heavy atom. The van der Waals surface area contributed by atoms with Gasteiger partial charge in [-0.2, -0.15) is 0 Å². The highest BCUT2D eigenvalue weighted by Gasteiger charge is 2.28. The van der Waals surface area contributed by atoms with E-state index in [0.717, 1.165) is 37.3 Å². The van der Waals surface area contributed by atoms with E-state index in [1.807, 2.05) is 18.2 Å². The maximum Gasteiger partial charge on any atom is 0.291 e. The van der Waals surface area contributed by atoms with Crippen LogP contribution in [0.1, 0.15) is 85.0 Å². The van der Waals surface area contributed by atoms with Crippen molar-refractivity contribution in [1.82, 2.24) is 0 Å². The molecule has 0 aliphatic heterocycles. The number of benzene rings is 2. The number of hydrogen-bond donors (Lipinski definition) is 2.